The summed E-state index contributed by atoms with van der Waals surface area (Å²) in [4.78, 5) is 39.6. The summed E-state index contributed by atoms with van der Waals surface area (Å²) in [6.45, 7) is 3.72. The molecule has 1 unspecified atom stereocenters. The lowest BCUT2D eigenvalue weighted by Crippen LogP contribution is -2.30. The zero-order valence-corrected chi connectivity index (χ0v) is 25.4. The zero-order chi connectivity index (χ0) is 29.4. The van der Waals surface area contributed by atoms with Crippen LogP contribution in [-0.2, 0) is 9.59 Å². The number of carbonyl (C=O) groups is 3. The topological polar surface area (TPSA) is 87.3 Å². The Bertz CT molecular complexity index is 1580. The lowest BCUT2D eigenvalue weighted by Gasteiger charge is -2.14. The van der Waals surface area contributed by atoms with Crippen molar-refractivity contribution >= 4 is 74.5 Å². The number of thioether (sulfide) groups is 1. The van der Waals surface area contributed by atoms with E-state index < -0.39 is 11.8 Å². The molecule has 0 heterocycles. The highest BCUT2D eigenvalue weighted by Crippen LogP contribution is 2.27. The van der Waals surface area contributed by atoms with E-state index in [1.165, 1.54) is 11.8 Å². The second-order valence-corrected chi connectivity index (χ2v) is 11.9. The molecule has 0 saturated carbocycles. The van der Waals surface area contributed by atoms with Crippen molar-refractivity contribution < 1.29 is 14.4 Å². The van der Waals surface area contributed by atoms with Crippen LogP contribution in [0.5, 0.6) is 0 Å². The minimum Gasteiger partial charge on any atom is -0.325 e. The van der Waals surface area contributed by atoms with E-state index in [0.717, 1.165) is 20.5 Å². The number of anilines is 2. The maximum absolute atomic E-state index is 13.3. The molecule has 0 aromatic heterocycles. The van der Waals surface area contributed by atoms with E-state index in [2.05, 4.69) is 31.9 Å². The second kappa shape index (κ2) is 14.2. The van der Waals surface area contributed by atoms with Crippen molar-refractivity contribution in [3.8, 4) is 0 Å². The minimum atomic E-state index is -0.470. The van der Waals surface area contributed by atoms with Gasteiger partial charge in [-0.3, -0.25) is 14.4 Å². The number of hydrogen-bond donors (Lipinski definition) is 3. The fraction of sp³-hybridized carbons (Fsp3) is 0.0938. The molecule has 0 aliphatic heterocycles. The molecule has 4 aromatic carbocycles. The summed E-state index contributed by atoms with van der Waals surface area (Å²) in [6.07, 6.45) is 1.62. The van der Waals surface area contributed by atoms with E-state index >= 15 is 0 Å². The summed E-state index contributed by atoms with van der Waals surface area (Å²) >= 11 is 11.0. The van der Waals surface area contributed by atoms with Crippen molar-refractivity contribution in [2.45, 2.75) is 24.0 Å². The van der Waals surface area contributed by atoms with Crippen LogP contribution in [0.25, 0.3) is 6.08 Å². The maximum atomic E-state index is 13.3. The van der Waals surface area contributed by atoms with Gasteiger partial charge in [0.1, 0.15) is 5.70 Å². The number of benzene rings is 4. The predicted octanol–water partition coefficient (Wildman–Crippen LogP) is 7.94. The van der Waals surface area contributed by atoms with Crippen molar-refractivity contribution in [2.24, 2.45) is 0 Å². The summed E-state index contributed by atoms with van der Waals surface area (Å²) in [7, 11) is 0. The van der Waals surface area contributed by atoms with Gasteiger partial charge >= 0.3 is 0 Å². The molecule has 4 rings (SSSR count). The molecule has 3 N–H and O–H groups in total. The van der Waals surface area contributed by atoms with Crippen LogP contribution in [-0.4, -0.2) is 23.0 Å². The first-order valence-corrected chi connectivity index (χ1v) is 14.7. The SMILES string of the molecule is Cc1ccc(NC(=O)C(C)Sc2ccc(NC(=O)/C(=C/c3ccc(Br)cc3)NC(=O)c3ccccc3)cc2)cc1Cl. The zero-order valence-electron chi connectivity index (χ0n) is 22.3. The molecule has 4 aromatic rings. The molecule has 0 bridgehead atoms. The number of nitrogens with one attached hydrogen (secondary N) is 3. The Labute approximate surface area is 256 Å². The standard InChI is InChI=1S/C32H27BrClN3O3S/c1-20-8-13-26(19-28(20)34)36-30(38)21(2)41-27-16-14-25(15-17-27)35-32(40)29(18-22-9-11-24(33)12-10-22)37-31(39)23-6-4-3-5-7-23/h3-19,21H,1-2H3,(H,35,40)(H,36,38)(H,37,39)/b29-18-. The highest BCUT2D eigenvalue weighted by Gasteiger charge is 2.17. The van der Waals surface area contributed by atoms with Crippen molar-refractivity contribution in [2.75, 3.05) is 10.6 Å². The number of amides is 3. The van der Waals surface area contributed by atoms with Gasteiger partial charge in [-0.2, -0.15) is 0 Å². The van der Waals surface area contributed by atoms with Gasteiger partial charge in [-0.05, 0) is 91.7 Å². The van der Waals surface area contributed by atoms with Crippen molar-refractivity contribution in [3.63, 3.8) is 0 Å². The lowest BCUT2D eigenvalue weighted by atomic mass is 10.1. The van der Waals surface area contributed by atoms with Gasteiger partial charge in [0.15, 0.2) is 0 Å². The molecule has 41 heavy (non-hydrogen) atoms. The van der Waals surface area contributed by atoms with Gasteiger partial charge in [-0.15, -0.1) is 11.8 Å². The van der Waals surface area contributed by atoms with E-state index in [1.807, 2.05) is 68.4 Å². The van der Waals surface area contributed by atoms with Gasteiger partial charge in [-0.25, -0.2) is 0 Å². The van der Waals surface area contributed by atoms with E-state index in [0.29, 0.717) is 22.0 Å². The molecule has 9 heteroatoms. The van der Waals surface area contributed by atoms with Crippen LogP contribution < -0.4 is 16.0 Å². The molecule has 0 aliphatic rings. The molecule has 0 spiro atoms. The summed E-state index contributed by atoms with van der Waals surface area (Å²) in [5.41, 5.74) is 3.41. The van der Waals surface area contributed by atoms with Crippen LogP contribution in [0.1, 0.15) is 28.4 Å². The molecule has 0 fully saturated rings. The largest absolute Gasteiger partial charge is 0.325 e. The normalized spacial score (nSPS) is 11.9. The third kappa shape index (κ3) is 8.82. The van der Waals surface area contributed by atoms with Crippen molar-refractivity contribution in [1.82, 2.24) is 5.32 Å². The Balaban J connectivity index is 1.42. The molecule has 3 amide bonds. The fourth-order valence-corrected chi connectivity index (χ4v) is 4.97. The first-order valence-electron chi connectivity index (χ1n) is 12.7. The molecular weight excluding hydrogens is 622 g/mol. The van der Waals surface area contributed by atoms with Crippen LogP contribution in [0.15, 0.2) is 112 Å². The average Bonchev–Trinajstić information content (AvgIpc) is 2.97. The Hall–Kier alpha value is -3.85. The predicted molar refractivity (Wildman–Crippen MR) is 171 cm³/mol. The second-order valence-electron chi connectivity index (χ2n) is 9.12. The molecule has 0 radical (unpaired) electrons. The van der Waals surface area contributed by atoms with Gasteiger partial charge in [-0.1, -0.05) is 63.9 Å². The maximum Gasteiger partial charge on any atom is 0.272 e. The Kier molecular flexibility index (Phi) is 10.4. The molecule has 0 aliphatic carbocycles. The molecular formula is C32H27BrClN3O3S. The quantitative estimate of drug-likeness (QED) is 0.127. The summed E-state index contributed by atoms with van der Waals surface area (Å²) < 4.78 is 0.901. The van der Waals surface area contributed by atoms with Gasteiger partial charge in [0.05, 0.1) is 5.25 Å². The van der Waals surface area contributed by atoms with Crippen LogP contribution >= 0.6 is 39.3 Å². The van der Waals surface area contributed by atoms with Crippen LogP contribution in [0.3, 0.4) is 0 Å². The average molecular weight is 649 g/mol. The van der Waals surface area contributed by atoms with E-state index in [1.54, 1.807) is 48.5 Å². The van der Waals surface area contributed by atoms with Crippen molar-refractivity contribution in [3.05, 3.63) is 129 Å². The van der Waals surface area contributed by atoms with E-state index in [4.69, 9.17) is 11.6 Å². The number of hydrogen-bond acceptors (Lipinski definition) is 4. The summed E-state index contributed by atoms with van der Waals surface area (Å²) in [5.74, 6) is -1.01. The third-order valence-corrected chi connectivity index (χ3v) is 7.99. The first-order chi connectivity index (χ1) is 19.7. The van der Waals surface area contributed by atoms with Gasteiger partial charge in [0.2, 0.25) is 5.91 Å². The van der Waals surface area contributed by atoms with E-state index in [-0.39, 0.29) is 16.9 Å². The first kappa shape index (κ1) is 30.1. The number of rotatable bonds is 9. The number of halogens is 2. The Morgan fingerprint density at radius 3 is 2.17 bits per heavy atom. The Morgan fingerprint density at radius 2 is 1.51 bits per heavy atom. The monoisotopic (exact) mass is 647 g/mol. The smallest absolute Gasteiger partial charge is 0.272 e. The van der Waals surface area contributed by atoms with Gasteiger partial charge in [0, 0.05) is 31.3 Å². The van der Waals surface area contributed by atoms with Crippen molar-refractivity contribution in [1.29, 1.82) is 0 Å². The molecule has 0 saturated heterocycles. The lowest BCUT2D eigenvalue weighted by molar-refractivity contribution is -0.115. The van der Waals surface area contributed by atoms with Gasteiger partial charge < -0.3 is 16.0 Å². The molecule has 6 nitrogen and oxygen atoms in total. The third-order valence-electron chi connectivity index (χ3n) is 5.94. The van der Waals surface area contributed by atoms with Crippen LogP contribution in [0.4, 0.5) is 11.4 Å². The fourth-order valence-electron chi connectivity index (χ4n) is 3.66. The Morgan fingerprint density at radius 1 is 0.854 bits per heavy atom. The highest BCUT2D eigenvalue weighted by molar-refractivity contribution is 9.10. The van der Waals surface area contributed by atoms with Crippen LogP contribution in [0, 0.1) is 6.92 Å². The summed E-state index contributed by atoms with van der Waals surface area (Å²) in [5, 5.41) is 8.69. The molecule has 1 atom stereocenters. The van der Waals surface area contributed by atoms with Gasteiger partial charge in [0.25, 0.3) is 11.8 Å². The highest BCUT2D eigenvalue weighted by atomic mass is 79.9. The van der Waals surface area contributed by atoms with E-state index in [9.17, 15) is 14.4 Å². The number of carbonyl (C=O) groups excluding carboxylic acids is 3. The molecule has 208 valence electrons. The van der Waals surface area contributed by atoms with Crippen LogP contribution in [0.2, 0.25) is 5.02 Å². The minimum absolute atomic E-state index is 0.0983. The summed E-state index contributed by atoms with van der Waals surface area (Å²) in [6, 6.07) is 28.6. The number of aryl methyl sites for hydroxylation is 1.